The minimum atomic E-state index is -0.700. The van der Waals surface area contributed by atoms with E-state index in [-0.39, 0.29) is 45.5 Å². The van der Waals surface area contributed by atoms with E-state index in [0.29, 0.717) is 30.1 Å². The molecule has 8 nitrogen and oxygen atoms in total. The Hall–Kier alpha value is -5.50. The highest BCUT2D eigenvalue weighted by atomic mass is 16.5. The number of fused-ring (bicyclic) bond motifs is 1. The van der Waals surface area contributed by atoms with Crippen molar-refractivity contribution < 1.29 is 28.7 Å². The highest BCUT2D eigenvalue weighted by Crippen LogP contribution is 2.42. The van der Waals surface area contributed by atoms with E-state index in [4.69, 9.17) is 9.47 Å². The van der Waals surface area contributed by atoms with Crippen molar-refractivity contribution in [1.29, 1.82) is 0 Å². The Morgan fingerprint density at radius 3 is 2.31 bits per heavy atom. The van der Waals surface area contributed by atoms with E-state index in [1.165, 1.54) is 6.07 Å². The zero-order valence-electron chi connectivity index (χ0n) is 24.7. The number of rotatable bonds is 0. The third-order valence-electron chi connectivity index (χ3n) is 9.29. The summed E-state index contributed by atoms with van der Waals surface area (Å²) in [5.41, 5.74) is 3.09. The standard InChI is InChI=1S/C37H28N2O6/c1-37(2)21-12-16-25(17-13-21)44-29-10-4-8-27-31(29)35(42)38(33(27)40)23-6-3-7-24(20-23)39-34(41)28-9-5-11-30(32(28)36(39)43)45-26-18-14-22(37)15-19-26/h3-8,10-16,18-20,25,28H,9,17H2,1-2H3. The number of anilines is 2. The van der Waals surface area contributed by atoms with Crippen molar-refractivity contribution >= 4 is 35.0 Å². The fourth-order valence-electron chi connectivity index (χ4n) is 6.79. The van der Waals surface area contributed by atoms with E-state index >= 15 is 0 Å². The van der Waals surface area contributed by atoms with Crippen LogP contribution in [0.1, 0.15) is 53.0 Å². The van der Waals surface area contributed by atoms with Gasteiger partial charge in [-0.05, 0) is 72.2 Å². The fraction of sp³-hybridized carbons (Fsp3) is 0.189. The summed E-state index contributed by atoms with van der Waals surface area (Å²) in [4.78, 5) is 57.2. The van der Waals surface area contributed by atoms with Gasteiger partial charge < -0.3 is 9.47 Å². The highest BCUT2D eigenvalue weighted by Gasteiger charge is 2.47. The molecule has 45 heavy (non-hydrogen) atoms. The van der Waals surface area contributed by atoms with Crippen LogP contribution < -0.4 is 19.3 Å². The largest absolute Gasteiger partial charge is 0.485 e. The minimum absolute atomic E-state index is 0.191. The number of benzene rings is 3. The molecule has 4 amide bonds. The number of carbonyl (C=O) groups is 4. The molecular formula is C37H28N2O6. The van der Waals surface area contributed by atoms with E-state index < -0.39 is 23.6 Å². The molecule has 10 rings (SSSR count). The summed E-state index contributed by atoms with van der Waals surface area (Å²) in [5.74, 6) is -1.40. The van der Waals surface area contributed by atoms with Crippen LogP contribution in [0, 0.1) is 5.92 Å². The van der Waals surface area contributed by atoms with Gasteiger partial charge in [0.25, 0.3) is 17.7 Å². The maximum absolute atomic E-state index is 13.9. The van der Waals surface area contributed by atoms with Crippen LogP contribution in [0.4, 0.5) is 11.4 Å². The average Bonchev–Trinajstić information content (AvgIpc) is 3.46. The van der Waals surface area contributed by atoms with Gasteiger partial charge >= 0.3 is 0 Å². The molecule has 3 aromatic rings. The molecule has 2 atom stereocenters. The number of carbonyl (C=O) groups excluding carboxylic acids is 4. The Morgan fingerprint density at radius 2 is 1.56 bits per heavy atom. The van der Waals surface area contributed by atoms with Gasteiger partial charge in [-0.3, -0.25) is 19.2 Å². The first-order valence-corrected chi connectivity index (χ1v) is 15.0. The molecular weight excluding hydrogens is 568 g/mol. The fourth-order valence-corrected chi connectivity index (χ4v) is 6.79. The van der Waals surface area contributed by atoms with Gasteiger partial charge in [0.1, 0.15) is 23.4 Å². The second-order valence-electron chi connectivity index (χ2n) is 12.3. The lowest BCUT2D eigenvalue weighted by molar-refractivity contribution is -0.122. The van der Waals surface area contributed by atoms with Crippen molar-refractivity contribution in [3.63, 3.8) is 0 Å². The summed E-state index contributed by atoms with van der Waals surface area (Å²) < 4.78 is 12.5. The lowest BCUT2D eigenvalue weighted by Crippen LogP contribution is -2.32. The van der Waals surface area contributed by atoms with Crippen molar-refractivity contribution in [2.75, 3.05) is 9.80 Å². The molecule has 1 fully saturated rings. The monoisotopic (exact) mass is 596 g/mol. The second-order valence-corrected chi connectivity index (χ2v) is 12.3. The first-order valence-electron chi connectivity index (χ1n) is 15.0. The van der Waals surface area contributed by atoms with Gasteiger partial charge in [-0.15, -0.1) is 0 Å². The smallest absolute Gasteiger partial charge is 0.269 e. The summed E-state index contributed by atoms with van der Waals surface area (Å²) in [6, 6.07) is 19.2. The van der Waals surface area contributed by atoms with E-state index in [2.05, 4.69) is 19.9 Å². The van der Waals surface area contributed by atoms with E-state index in [1.807, 2.05) is 42.5 Å². The van der Waals surface area contributed by atoms with Gasteiger partial charge in [0, 0.05) is 11.8 Å². The van der Waals surface area contributed by atoms with Gasteiger partial charge in [0.05, 0.1) is 34.0 Å². The summed E-state index contributed by atoms with van der Waals surface area (Å²) in [6.07, 6.45) is 10.4. The molecule has 0 saturated carbocycles. The van der Waals surface area contributed by atoms with Crippen molar-refractivity contribution in [3.05, 3.63) is 131 Å². The van der Waals surface area contributed by atoms with Crippen LogP contribution in [0.5, 0.6) is 11.5 Å². The SMILES string of the molecule is CC1(C)C2=CCC(C=C2)Oc2cccc3c2C(=O)N(C3=O)c2cccc(c2)N2C(=O)C3=C(C=CCC3C2=O)Oc2ccc1cc2. The minimum Gasteiger partial charge on any atom is -0.485 e. The van der Waals surface area contributed by atoms with E-state index in [9.17, 15) is 19.2 Å². The molecule has 8 heteroatoms. The van der Waals surface area contributed by atoms with E-state index in [0.717, 1.165) is 20.9 Å². The van der Waals surface area contributed by atoms with Crippen LogP contribution in [0.3, 0.4) is 0 Å². The molecule has 2 aliphatic carbocycles. The predicted octanol–water partition coefficient (Wildman–Crippen LogP) is 6.19. The summed E-state index contributed by atoms with van der Waals surface area (Å²) >= 11 is 0. The molecule has 5 heterocycles. The maximum Gasteiger partial charge on any atom is 0.269 e. The van der Waals surface area contributed by atoms with Crippen molar-refractivity contribution in [3.8, 4) is 11.5 Å². The zero-order chi connectivity index (χ0) is 31.0. The number of hydrogen-bond acceptors (Lipinski definition) is 6. The lowest BCUT2D eigenvalue weighted by atomic mass is 9.75. The van der Waals surface area contributed by atoms with Crippen LogP contribution >= 0.6 is 0 Å². The number of allylic oxidation sites excluding steroid dienone is 4. The highest BCUT2D eigenvalue weighted by molar-refractivity contribution is 6.36. The van der Waals surface area contributed by atoms with Crippen LogP contribution in [0.25, 0.3) is 0 Å². The van der Waals surface area contributed by atoms with Crippen LogP contribution in [0.15, 0.2) is 114 Å². The molecule has 222 valence electrons. The Bertz CT molecular complexity index is 1980. The molecule has 10 bridgehead atoms. The third kappa shape index (κ3) is 4.05. The van der Waals surface area contributed by atoms with Gasteiger partial charge in [-0.2, -0.15) is 0 Å². The number of hydrogen-bond donors (Lipinski definition) is 0. The van der Waals surface area contributed by atoms with Crippen LogP contribution in [0.2, 0.25) is 0 Å². The first kappa shape index (κ1) is 27.1. The molecule has 0 radical (unpaired) electrons. The van der Waals surface area contributed by atoms with Gasteiger partial charge in [-0.1, -0.05) is 56.3 Å². The lowest BCUT2D eigenvalue weighted by Gasteiger charge is -2.30. The predicted molar refractivity (Wildman–Crippen MR) is 167 cm³/mol. The molecule has 0 spiro atoms. The third-order valence-corrected chi connectivity index (χ3v) is 9.29. The second kappa shape index (κ2) is 9.75. The maximum atomic E-state index is 13.9. The number of amides is 4. The van der Waals surface area contributed by atoms with Crippen LogP contribution in [-0.2, 0) is 15.0 Å². The van der Waals surface area contributed by atoms with Gasteiger partial charge in [-0.25, -0.2) is 9.80 Å². The summed E-state index contributed by atoms with van der Waals surface area (Å²) in [6.45, 7) is 4.29. The Balaban J connectivity index is 1.27. The quantitative estimate of drug-likeness (QED) is 0.287. The molecule has 3 aromatic carbocycles. The number of nitrogens with zero attached hydrogens (tertiary/aromatic N) is 2. The summed E-state index contributed by atoms with van der Waals surface area (Å²) in [5, 5.41) is 0. The first-order chi connectivity index (χ1) is 21.7. The van der Waals surface area contributed by atoms with Gasteiger partial charge in [0.15, 0.2) is 0 Å². The normalized spacial score (nSPS) is 22.8. The molecule has 1 saturated heterocycles. The van der Waals surface area contributed by atoms with Crippen molar-refractivity contribution in [2.45, 2.75) is 38.2 Å². The number of ether oxygens (including phenoxy) is 2. The number of imide groups is 2. The van der Waals surface area contributed by atoms with Crippen LogP contribution in [-0.4, -0.2) is 29.7 Å². The average molecular weight is 597 g/mol. The summed E-state index contributed by atoms with van der Waals surface area (Å²) in [7, 11) is 0. The Kier molecular flexibility index (Phi) is 5.87. The Morgan fingerprint density at radius 1 is 0.800 bits per heavy atom. The Labute approximate surface area is 259 Å². The van der Waals surface area contributed by atoms with Gasteiger partial charge in [0.2, 0.25) is 5.91 Å². The molecule has 7 aliphatic rings. The molecule has 5 aliphatic heterocycles. The molecule has 0 aromatic heterocycles. The molecule has 0 N–H and O–H groups in total. The van der Waals surface area contributed by atoms with Crippen molar-refractivity contribution in [2.24, 2.45) is 5.92 Å². The van der Waals surface area contributed by atoms with Crippen molar-refractivity contribution in [1.82, 2.24) is 0 Å². The zero-order valence-corrected chi connectivity index (χ0v) is 24.7. The molecule has 2 unspecified atom stereocenters. The van der Waals surface area contributed by atoms with E-state index in [1.54, 1.807) is 42.5 Å². The topological polar surface area (TPSA) is 93.2 Å².